The number of rotatable bonds is 7. The van der Waals surface area contributed by atoms with Gasteiger partial charge in [0.05, 0.1) is 17.1 Å². The van der Waals surface area contributed by atoms with Gasteiger partial charge >= 0.3 is 0 Å². The lowest BCUT2D eigenvalue weighted by Gasteiger charge is -2.13. The van der Waals surface area contributed by atoms with Crippen LogP contribution in [-0.4, -0.2) is 16.6 Å². The van der Waals surface area contributed by atoms with E-state index in [1.54, 1.807) is 0 Å². The average Bonchev–Trinajstić information content (AvgIpc) is 2.66. The van der Waals surface area contributed by atoms with Crippen LogP contribution in [-0.2, 0) is 11.3 Å². The van der Waals surface area contributed by atoms with Crippen molar-refractivity contribution in [3.63, 3.8) is 0 Å². The molecule has 3 aromatic rings. The maximum Gasteiger partial charge on any atom is 0.274 e. The highest BCUT2D eigenvalue weighted by molar-refractivity contribution is 14.1. The van der Waals surface area contributed by atoms with E-state index in [0.29, 0.717) is 29.9 Å². The van der Waals surface area contributed by atoms with Crippen molar-refractivity contribution in [2.24, 2.45) is 0 Å². The maximum absolute atomic E-state index is 11.9. The van der Waals surface area contributed by atoms with Gasteiger partial charge in [0, 0.05) is 22.5 Å². The summed E-state index contributed by atoms with van der Waals surface area (Å²) >= 11 is 8.49. The molecule has 3 rings (SSSR count). The van der Waals surface area contributed by atoms with Gasteiger partial charge in [0.15, 0.2) is 0 Å². The lowest BCUT2D eigenvalue weighted by molar-refractivity contribution is 0.122. The van der Waals surface area contributed by atoms with Crippen molar-refractivity contribution < 1.29 is 4.74 Å². The molecule has 0 spiro atoms. The highest BCUT2D eigenvalue weighted by atomic mass is 127. The number of alkyl halides is 1. The van der Waals surface area contributed by atoms with Crippen molar-refractivity contribution in [3.8, 4) is 0 Å². The highest BCUT2D eigenvalue weighted by Crippen LogP contribution is 2.25. The summed E-state index contributed by atoms with van der Waals surface area (Å²) in [5.41, 5.74) is 3.22. The summed E-state index contributed by atoms with van der Waals surface area (Å²) in [5.74, 6) is 0.362. The van der Waals surface area contributed by atoms with Crippen molar-refractivity contribution >= 4 is 45.8 Å². The number of halogens is 2. The molecule has 0 saturated heterocycles. The number of ether oxygens (including phenoxy) is 1. The maximum atomic E-state index is 11.9. The van der Waals surface area contributed by atoms with Gasteiger partial charge in [0.1, 0.15) is 0 Å². The molecule has 0 aliphatic rings. The molecular weight excluding hydrogens is 477 g/mol. The minimum Gasteiger partial charge on any atom is -0.374 e. The molecular formula is C20H19ClIN3O2. The first-order valence-electron chi connectivity index (χ1n) is 8.42. The van der Waals surface area contributed by atoms with Crippen LogP contribution in [0.1, 0.15) is 20.7 Å². The van der Waals surface area contributed by atoms with Crippen LogP contribution in [0.5, 0.6) is 0 Å². The van der Waals surface area contributed by atoms with E-state index in [1.165, 1.54) is 11.6 Å². The minimum atomic E-state index is -0.330. The van der Waals surface area contributed by atoms with Gasteiger partial charge < -0.3 is 15.0 Å². The van der Waals surface area contributed by atoms with Crippen molar-refractivity contribution in [3.05, 3.63) is 86.8 Å². The molecule has 7 heteroatoms. The van der Waals surface area contributed by atoms with Gasteiger partial charge in [-0.3, -0.25) is 4.79 Å². The monoisotopic (exact) mass is 495 g/mol. The van der Waals surface area contributed by atoms with Crippen LogP contribution in [0.2, 0.25) is 5.02 Å². The first-order chi connectivity index (χ1) is 13.0. The normalized spacial score (nSPS) is 12.0. The third kappa shape index (κ3) is 5.54. The number of anilines is 2. The third-order valence-electron chi connectivity index (χ3n) is 4.00. The average molecular weight is 496 g/mol. The summed E-state index contributed by atoms with van der Waals surface area (Å²) in [6.45, 7) is 2.75. The fourth-order valence-electron chi connectivity index (χ4n) is 2.55. The molecule has 0 bridgehead atoms. The van der Waals surface area contributed by atoms with E-state index in [4.69, 9.17) is 16.3 Å². The van der Waals surface area contributed by atoms with Crippen molar-refractivity contribution in [1.29, 1.82) is 0 Å². The third-order valence-corrected chi connectivity index (χ3v) is 5.49. The molecule has 1 heterocycles. The SMILES string of the molecule is Cc1c(Cl)cccc1Nc1nc(=O)cc(COCC(I)c2ccccc2)[nH]1. The second-order valence-electron chi connectivity index (χ2n) is 6.02. The number of aromatic nitrogens is 2. The van der Waals surface area contributed by atoms with Crippen molar-refractivity contribution in [2.45, 2.75) is 17.5 Å². The topological polar surface area (TPSA) is 67.0 Å². The molecule has 0 aliphatic carbocycles. The lowest BCUT2D eigenvalue weighted by Crippen LogP contribution is -2.13. The summed E-state index contributed by atoms with van der Waals surface area (Å²) < 4.78 is 6.02. The zero-order valence-corrected chi connectivity index (χ0v) is 17.6. The molecule has 140 valence electrons. The molecule has 0 fully saturated rings. The Bertz CT molecular complexity index is 963. The van der Waals surface area contributed by atoms with E-state index in [-0.39, 0.29) is 9.48 Å². The predicted molar refractivity (Wildman–Crippen MR) is 117 cm³/mol. The second kappa shape index (κ2) is 9.34. The Morgan fingerprint density at radius 2 is 2.00 bits per heavy atom. The number of hydrogen-bond donors (Lipinski definition) is 2. The predicted octanol–water partition coefficient (Wildman–Crippen LogP) is 5.17. The van der Waals surface area contributed by atoms with E-state index >= 15 is 0 Å². The van der Waals surface area contributed by atoms with Gasteiger partial charge in [-0.05, 0) is 30.2 Å². The van der Waals surface area contributed by atoms with Crippen LogP contribution in [0.4, 0.5) is 11.6 Å². The molecule has 5 nitrogen and oxygen atoms in total. The first-order valence-corrected chi connectivity index (χ1v) is 10.0. The van der Waals surface area contributed by atoms with Crippen LogP contribution in [0, 0.1) is 6.92 Å². The molecule has 27 heavy (non-hydrogen) atoms. The van der Waals surface area contributed by atoms with Crippen LogP contribution < -0.4 is 10.9 Å². The van der Waals surface area contributed by atoms with Crippen LogP contribution in [0.3, 0.4) is 0 Å². The molecule has 1 atom stereocenters. The number of nitrogens with zero attached hydrogens (tertiary/aromatic N) is 1. The summed E-state index contributed by atoms with van der Waals surface area (Å²) in [5, 5.41) is 3.76. The number of nitrogens with one attached hydrogen (secondary N) is 2. The number of aromatic amines is 1. The van der Waals surface area contributed by atoms with E-state index in [2.05, 4.69) is 50.0 Å². The molecule has 1 aromatic heterocycles. The van der Waals surface area contributed by atoms with Gasteiger partial charge in [0.25, 0.3) is 5.56 Å². The Hall–Kier alpha value is -1.90. The second-order valence-corrected chi connectivity index (χ2v) is 7.93. The smallest absolute Gasteiger partial charge is 0.274 e. The van der Waals surface area contributed by atoms with E-state index in [0.717, 1.165) is 11.3 Å². The fourth-order valence-corrected chi connectivity index (χ4v) is 3.39. The molecule has 0 amide bonds. The van der Waals surface area contributed by atoms with Gasteiger partial charge in [-0.15, -0.1) is 0 Å². The molecule has 0 radical (unpaired) electrons. The van der Waals surface area contributed by atoms with Crippen LogP contribution >= 0.6 is 34.2 Å². The van der Waals surface area contributed by atoms with Crippen LogP contribution in [0.15, 0.2) is 59.4 Å². The Morgan fingerprint density at radius 1 is 1.22 bits per heavy atom. The van der Waals surface area contributed by atoms with Gasteiger partial charge in [-0.2, -0.15) is 4.98 Å². The Morgan fingerprint density at radius 3 is 2.78 bits per heavy atom. The molecule has 2 aromatic carbocycles. The van der Waals surface area contributed by atoms with E-state index in [9.17, 15) is 4.79 Å². The highest BCUT2D eigenvalue weighted by Gasteiger charge is 2.09. The van der Waals surface area contributed by atoms with Crippen LogP contribution in [0.25, 0.3) is 0 Å². The van der Waals surface area contributed by atoms with E-state index in [1.807, 2.05) is 43.3 Å². The molecule has 1 unspecified atom stereocenters. The molecule has 0 saturated carbocycles. The molecule has 0 aliphatic heterocycles. The zero-order valence-electron chi connectivity index (χ0n) is 14.7. The molecule has 2 N–H and O–H groups in total. The Labute approximate surface area is 176 Å². The standard InChI is InChI=1S/C20H19ClIN3O2/c1-13-16(21)8-5-9-18(13)24-20-23-15(10-19(26)25-20)11-27-12-17(22)14-6-3-2-4-7-14/h2-10,17H,11-12H2,1H3,(H2,23,24,25,26). The number of hydrogen-bond acceptors (Lipinski definition) is 4. The number of H-pyrrole nitrogens is 1. The van der Waals surface area contributed by atoms with Gasteiger partial charge in [-0.1, -0.05) is 70.6 Å². The Balaban J connectivity index is 1.65. The number of benzene rings is 2. The summed E-state index contributed by atoms with van der Waals surface area (Å²) in [6.07, 6.45) is 0. The Kier molecular flexibility index (Phi) is 6.87. The first kappa shape index (κ1) is 19.9. The largest absolute Gasteiger partial charge is 0.374 e. The van der Waals surface area contributed by atoms with Crippen molar-refractivity contribution in [2.75, 3.05) is 11.9 Å². The summed E-state index contributed by atoms with van der Waals surface area (Å²) in [6, 6.07) is 17.1. The summed E-state index contributed by atoms with van der Waals surface area (Å²) in [7, 11) is 0. The summed E-state index contributed by atoms with van der Waals surface area (Å²) in [4.78, 5) is 19.0. The van der Waals surface area contributed by atoms with Gasteiger partial charge in [0.2, 0.25) is 5.95 Å². The lowest BCUT2D eigenvalue weighted by atomic mass is 10.2. The zero-order chi connectivity index (χ0) is 19.2. The quantitative estimate of drug-likeness (QED) is 0.351. The fraction of sp³-hybridized carbons (Fsp3) is 0.200. The van der Waals surface area contributed by atoms with Gasteiger partial charge in [-0.25, -0.2) is 0 Å². The van der Waals surface area contributed by atoms with E-state index < -0.39 is 0 Å². The van der Waals surface area contributed by atoms with Crippen molar-refractivity contribution in [1.82, 2.24) is 9.97 Å². The minimum absolute atomic E-state index is 0.240.